The largest absolute Gasteiger partial charge is 0.453 e. The van der Waals surface area contributed by atoms with Gasteiger partial charge < -0.3 is 20.5 Å². The van der Waals surface area contributed by atoms with Crippen molar-refractivity contribution in [3.05, 3.63) is 102 Å². The van der Waals surface area contributed by atoms with Gasteiger partial charge in [-0.1, -0.05) is 106 Å². The minimum atomic E-state index is -1.02. The number of nitrogens with one attached hydrogen (secondary N) is 2. The number of ether oxygens (including phenoxy) is 1. The zero-order valence-corrected chi connectivity index (χ0v) is 27.9. The van der Waals surface area contributed by atoms with Crippen molar-refractivity contribution >= 4 is 12.0 Å². The zero-order chi connectivity index (χ0) is 34.2. The molecule has 0 unspecified atom stereocenters. The molecule has 0 saturated heterocycles. The molecule has 4 rings (SSSR count). The lowest BCUT2D eigenvalue weighted by molar-refractivity contribution is -0.127. The van der Waals surface area contributed by atoms with Gasteiger partial charge in [0.05, 0.1) is 19.3 Å². The first kappa shape index (κ1) is 35.2. The van der Waals surface area contributed by atoms with Gasteiger partial charge in [-0.3, -0.25) is 10.6 Å². The molecule has 250 valence electrons. The summed E-state index contributed by atoms with van der Waals surface area (Å²) in [6.07, 6.45) is -1.37. The van der Waals surface area contributed by atoms with Gasteiger partial charge in [0.25, 0.3) is 0 Å². The molecule has 0 aliphatic heterocycles. The molecular formula is C35H46N8O4. The van der Waals surface area contributed by atoms with Crippen LogP contribution in [-0.2, 0) is 28.0 Å². The highest BCUT2D eigenvalue weighted by molar-refractivity contribution is 5.86. The normalized spacial score (nSPS) is 13.9. The number of nitrogens with zero attached hydrogens (tertiary/aromatic N) is 5. The molecule has 0 saturated carbocycles. The van der Waals surface area contributed by atoms with Crippen molar-refractivity contribution in [2.24, 2.45) is 11.3 Å². The van der Waals surface area contributed by atoms with Crippen LogP contribution in [0.3, 0.4) is 0 Å². The van der Waals surface area contributed by atoms with E-state index >= 15 is 0 Å². The van der Waals surface area contributed by atoms with Crippen LogP contribution in [0.2, 0.25) is 0 Å². The summed E-state index contributed by atoms with van der Waals surface area (Å²) >= 11 is 0. The third kappa shape index (κ3) is 9.44. The Morgan fingerprint density at radius 1 is 0.915 bits per heavy atom. The number of rotatable bonds is 13. The van der Waals surface area contributed by atoms with E-state index in [9.17, 15) is 14.7 Å². The van der Waals surface area contributed by atoms with Crippen molar-refractivity contribution < 1.29 is 19.4 Å². The summed E-state index contributed by atoms with van der Waals surface area (Å²) in [5.74, 6) is 6.47. The first-order chi connectivity index (χ1) is 22.3. The molecule has 0 fully saturated rings. The highest BCUT2D eigenvalue weighted by atomic mass is 16.5. The molecule has 0 aliphatic rings. The van der Waals surface area contributed by atoms with Gasteiger partial charge in [-0.05, 0) is 47.6 Å². The number of carbonyl (C=O) groups excluding carboxylic acids is 2. The average Bonchev–Trinajstić information content (AvgIpc) is 3.55. The van der Waals surface area contributed by atoms with Crippen LogP contribution in [0.5, 0.6) is 0 Å². The van der Waals surface area contributed by atoms with Crippen molar-refractivity contribution in [2.45, 2.75) is 71.3 Å². The van der Waals surface area contributed by atoms with E-state index in [1.165, 1.54) is 12.1 Å². The van der Waals surface area contributed by atoms with Gasteiger partial charge in [-0.2, -0.15) is 4.80 Å². The van der Waals surface area contributed by atoms with Gasteiger partial charge in [0.15, 0.2) is 0 Å². The number of carbonyl (C=O) groups is 2. The van der Waals surface area contributed by atoms with E-state index in [-0.39, 0.29) is 6.54 Å². The molecule has 1 aromatic heterocycles. The number of methoxy groups -OCH3 is 1. The maximum atomic E-state index is 13.4. The van der Waals surface area contributed by atoms with Crippen molar-refractivity contribution in [3.63, 3.8) is 0 Å². The fourth-order valence-electron chi connectivity index (χ4n) is 5.22. The summed E-state index contributed by atoms with van der Waals surface area (Å²) in [5.41, 5.74) is 2.64. The molecular weight excluding hydrogens is 596 g/mol. The summed E-state index contributed by atoms with van der Waals surface area (Å²) in [7, 11) is 1.24. The van der Waals surface area contributed by atoms with E-state index in [1.54, 1.807) is 4.80 Å². The topological polar surface area (TPSA) is 161 Å². The van der Waals surface area contributed by atoms with Crippen molar-refractivity contribution in [1.82, 2.24) is 35.8 Å². The molecule has 2 amide bonds. The molecule has 12 heteroatoms. The fraction of sp³-hybridized carbons (Fsp3) is 0.400. The molecule has 0 spiro atoms. The van der Waals surface area contributed by atoms with Crippen LogP contribution in [0.15, 0.2) is 84.9 Å². The Bertz CT molecular complexity index is 1590. The Morgan fingerprint density at radius 2 is 1.53 bits per heavy atom. The summed E-state index contributed by atoms with van der Waals surface area (Å²) in [4.78, 5) is 27.1. The molecule has 3 aromatic carbocycles. The van der Waals surface area contributed by atoms with E-state index in [0.29, 0.717) is 18.8 Å². The highest BCUT2D eigenvalue weighted by Gasteiger charge is 2.35. The van der Waals surface area contributed by atoms with Crippen LogP contribution >= 0.6 is 0 Å². The smallest absolute Gasteiger partial charge is 0.407 e. The van der Waals surface area contributed by atoms with E-state index in [0.717, 1.165) is 22.3 Å². The Kier molecular flexibility index (Phi) is 11.5. The second kappa shape index (κ2) is 15.3. The van der Waals surface area contributed by atoms with Crippen LogP contribution in [0.1, 0.15) is 51.3 Å². The van der Waals surface area contributed by atoms with Crippen LogP contribution in [0.25, 0.3) is 11.4 Å². The maximum absolute atomic E-state index is 13.4. The molecule has 5 N–H and O–H groups in total. The van der Waals surface area contributed by atoms with Gasteiger partial charge in [0.1, 0.15) is 11.6 Å². The predicted molar refractivity (Wildman–Crippen MR) is 180 cm³/mol. The van der Waals surface area contributed by atoms with Gasteiger partial charge in [0, 0.05) is 18.7 Å². The van der Waals surface area contributed by atoms with Crippen LogP contribution in [-0.4, -0.2) is 74.2 Å². The third-order valence-corrected chi connectivity index (χ3v) is 8.08. The SMILES string of the molecule is COC(=O)N[C@H](C(=O)N[C@@H](Cc1ccccc1)[C@@H](O)CN(N)Cc1ccc(-c2nnn(C(C)(C)c3ccccc3)n2)cc1)C(C)(C)C. The second-order valence-electron chi connectivity index (χ2n) is 13.3. The molecule has 0 aliphatic carbocycles. The number of hydrogen-bond donors (Lipinski definition) is 4. The number of tetrazole rings is 1. The van der Waals surface area contributed by atoms with E-state index in [4.69, 9.17) is 10.6 Å². The number of benzene rings is 3. The minimum absolute atomic E-state index is 0.0780. The van der Waals surface area contributed by atoms with E-state index in [1.807, 2.05) is 120 Å². The van der Waals surface area contributed by atoms with Crippen LogP contribution < -0.4 is 16.5 Å². The number of aliphatic hydroxyl groups is 1. The lowest BCUT2D eigenvalue weighted by Crippen LogP contribution is -2.58. The van der Waals surface area contributed by atoms with Gasteiger partial charge in [0.2, 0.25) is 11.7 Å². The summed E-state index contributed by atoms with van der Waals surface area (Å²) in [6.45, 7) is 10.0. The number of hydrazine groups is 1. The summed E-state index contributed by atoms with van der Waals surface area (Å²) in [5, 5.41) is 31.7. The number of aliphatic hydroxyl groups excluding tert-OH is 1. The molecule has 4 aromatic rings. The molecule has 1 heterocycles. The summed E-state index contributed by atoms with van der Waals surface area (Å²) in [6, 6.07) is 25.7. The number of aromatic nitrogens is 4. The molecule has 0 bridgehead atoms. The van der Waals surface area contributed by atoms with Gasteiger partial charge in [-0.25, -0.2) is 9.80 Å². The number of alkyl carbamates (subject to hydrolysis) is 1. The average molecular weight is 643 g/mol. The maximum Gasteiger partial charge on any atom is 0.407 e. The molecule has 0 radical (unpaired) electrons. The monoisotopic (exact) mass is 642 g/mol. The Morgan fingerprint density at radius 3 is 2.13 bits per heavy atom. The highest BCUT2D eigenvalue weighted by Crippen LogP contribution is 2.25. The Labute approximate surface area is 276 Å². The number of nitrogens with two attached hydrogens (primary N) is 1. The van der Waals surface area contributed by atoms with Crippen molar-refractivity contribution in [2.75, 3.05) is 13.7 Å². The van der Waals surface area contributed by atoms with Crippen LogP contribution in [0, 0.1) is 5.41 Å². The van der Waals surface area contributed by atoms with Gasteiger partial charge >= 0.3 is 6.09 Å². The Balaban J connectivity index is 1.42. The van der Waals surface area contributed by atoms with Crippen LogP contribution in [0.4, 0.5) is 4.79 Å². The number of hydrogen-bond acceptors (Lipinski definition) is 9. The predicted octanol–water partition coefficient (Wildman–Crippen LogP) is 3.66. The molecule has 3 atom stereocenters. The quantitative estimate of drug-likeness (QED) is 0.126. The molecule has 47 heavy (non-hydrogen) atoms. The second-order valence-corrected chi connectivity index (χ2v) is 13.3. The lowest BCUT2D eigenvalue weighted by Gasteiger charge is -2.33. The first-order valence-corrected chi connectivity index (χ1v) is 15.6. The lowest BCUT2D eigenvalue weighted by atomic mass is 9.85. The van der Waals surface area contributed by atoms with Crippen molar-refractivity contribution in [3.8, 4) is 11.4 Å². The molecule has 12 nitrogen and oxygen atoms in total. The summed E-state index contributed by atoms with van der Waals surface area (Å²) < 4.78 is 4.73. The van der Waals surface area contributed by atoms with Crippen molar-refractivity contribution in [1.29, 1.82) is 0 Å². The number of amides is 2. The minimum Gasteiger partial charge on any atom is -0.453 e. The van der Waals surface area contributed by atoms with E-state index < -0.39 is 41.1 Å². The fourth-order valence-corrected chi connectivity index (χ4v) is 5.22. The Hall–Kier alpha value is -4.65. The van der Waals surface area contributed by atoms with E-state index in [2.05, 4.69) is 26.0 Å². The van der Waals surface area contributed by atoms with Gasteiger partial charge in [-0.15, -0.1) is 10.2 Å². The third-order valence-electron chi connectivity index (χ3n) is 8.08. The first-order valence-electron chi connectivity index (χ1n) is 15.6. The zero-order valence-electron chi connectivity index (χ0n) is 27.9. The standard InChI is InChI=1S/C35H46N8O4/c1-34(2,3)30(38-33(46)47-6)32(45)37-28(21-24-13-9-7-10-14-24)29(44)23-42(36)22-25-17-19-26(20-18-25)31-39-41-43(40-31)35(4,5)27-15-11-8-12-16-27/h7-20,28-30,44H,21-23,36H2,1-6H3,(H,37,45)(H,38,46)/t28-,29-,30+/m0/s1.